The Kier molecular flexibility index (Phi) is 5.43. The molecule has 0 radical (unpaired) electrons. The number of nitrogens with one attached hydrogen (secondary N) is 2. The van der Waals surface area contributed by atoms with E-state index in [1.807, 2.05) is 22.7 Å². The summed E-state index contributed by atoms with van der Waals surface area (Å²) in [6, 6.07) is 6.04. The van der Waals surface area contributed by atoms with Crippen LogP contribution in [0.15, 0.2) is 36.7 Å². The van der Waals surface area contributed by atoms with Gasteiger partial charge in [-0.25, -0.2) is 20.2 Å². The van der Waals surface area contributed by atoms with E-state index < -0.39 is 6.10 Å². The highest BCUT2D eigenvalue weighted by molar-refractivity contribution is 5.82. The van der Waals surface area contributed by atoms with E-state index in [-0.39, 0.29) is 29.7 Å². The first-order chi connectivity index (χ1) is 13.5. The van der Waals surface area contributed by atoms with Crippen molar-refractivity contribution in [2.75, 3.05) is 13.1 Å². The number of hydrogen-bond acceptors (Lipinski definition) is 5. The monoisotopic (exact) mass is 387 g/mol. The molecule has 2 saturated heterocycles. The Bertz CT molecular complexity index is 834. The molecule has 3 heterocycles. The standard InChI is InChI=1S/C20H26FN5O2/c1-25-11-8-22-19(25)18(27)13-6-9-26(10-7-13)20(28)17-12-16(23-24-17)14-4-2-3-5-15(14)21/h2-5,8,11,13,16-18,23-24,27H,6-7,9-10,12H2,1H3. The van der Waals surface area contributed by atoms with E-state index in [9.17, 15) is 14.3 Å². The number of aryl methyl sites for hydroxylation is 1. The SMILES string of the molecule is Cn1ccnc1C(O)C1CCN(C(=O)C2CC(c3ccccc3F)NN2)CC1. The van der Waals surface area contributed by atoms with Crippen molar-refractivity contribution in [2.45, 2.75) is 37.5 Å². The molecule has 150 valence electrons. The Hall–Kier alpha value is -2.29. The number of aliphatic hydroxyl groups is 1. The summed E-state index contributed by atoms with van der Waals surface area (Å²) in [5, 5.41) is 10.6. The Labute approximate surface area is 163 Å². The number of hydrazine groups is 1. The number of piperidine rings is 1. The maximum absolute atomic E-state index is 14.0. The summed E-state index contributed by atoms with van der Waals surface area (Å²) < 4.78 is 15.8. The highest BCUT2D eigenvalue weighted by Crippen LogP contribution is 2.31. The lowest BCUT2D eigenvalue weighted by molar-refractivity contribution is -0.135. The van der Waals surface area contributed by atoms with E-state index in [4.69, 9.17) is 0 Å². The van der Waals surface area contributed by atoms with Gasteiger partial charge in [-0.3, -0.25) is 4.79 Å². The van der Waals surface area contributed by atoms with Crippen molar-refractivity contribution in [1.29, 1.82) is 0 Å². The number of amides is 1. The molecule has 0 saturated carbocycles. The van der Waals surface area contributed by atoms with Crippen LogP contribution in [0.1, 0.15) is 42.8 Å². The van der Waals surface area contributed by atoms with Crippen LogP contribution in [0.25, 0.3) is 0 Å². The van der Waals surface area contributed by atoms with Gasteiger partial charge in [0.1, 0.15) is 23.8 Å². The van der Waals surface area contributed by atoms with Crippen molar-refractivity contribution >= 4 is 5.91 Å². The molecule has 1 amide bonds. The molecule has 0 spiro atoms. The van der Waals surface area contributed by atoms with Crippen LogP contribution in [0.2, 0.25) is 0 Å². The van der Waals surface area contributed by atoms with Gasteiger partial charge in [0, 0.05) is 38.1 Å². The number of likely N-dealkylation sites (tertiary alicyclic amines) is 1. The molecule has 2 aromatic rings. The Morgan fingerprint density at radius 3 is 2.71 bits per heavy atom. The zero-order chi connectivity index (χ0) is 19.7. The van der Waals surface area contributed by atoms with Gasteiger partial charge in [-0.2, -0.15) is 0 Å². The van der Waals surface area contributed by atoms with Crippen LogP contribution in [0.5, 0.6) is 0 Å². The number of imidazole rings is 1. The molecular formula is C20H26FN5O2. The first-order valence-corrected chi connectivity index (χ1v) is 9.74. The van der Waals surface area contributed by atoms with Gasteiger partial charge < -0.3 is 14.6 Å². The van der Waals surface area contributed by atoms with Crippen LogP contribution in [-0.4, -0.2) is 44.6 Å². The van der Waals surface area contributed by atoms with Gasteiger partial charge in [0.15, 0.2) is 0 Å². The van der Waals surface area contributed by atoms with E-state index >= 15 is 0 Å². The smallest absolute Gasteiger partial charge is 0.241 e. The number of benzene rings is 1. The molecule has 3 atom stereocenters. The van der Waals surface area contributed by atoms with Crippen molar-refractivity contribution in [3.63, 3.8) is 0 Å². The maximum atomic E-state index is 14.0. The fourth-order valence-corrected chi connectivity index (χ4v) is 4.21. The third-order valence-corrected chi connectivity index (χ3v) is 5.90. The molecule has 3 N–H and O–H groups in total. The zero-order valence-electron chi connectivity index (χ0n) is 15.9. The van der Waals surface area contributed by atoms with Crippen LogP contribution in [0.4, 0.5) is 4.39 Å². The summed E-state index contributed by atoms with van der Waals surface area (Å²) in [5.41, 5.74) is 6.64. The summed E-state index contributed by atoms with van der Waals surface area (Å²) in [4.78, 5) is 18.9. The number of carbonyl (C=O) groups is 1. The highest BCUT2D eigenvalue weighted by Gasteiger charge is 2.36. The molecule has 3 unspecified atom stereocenters. The van der Waals surface area contributed by atoms with E-state index in [2.05, 4.69) is 15.8 Å². The van der Waals surface area contributed by atoms with Crippen molar-refractivity contribution in [3.8, 4) is 0 Å². The van der Waals surface area contributed by atoms with Gasteiger partial charge in [-0.1, -0.05) is 18.2 Å². The van der Waals surface area contributed by atoms with Gasteiger partial charge in [0.05, 0.1) is 6.04 Å². The predicted molar refractivity (Wildman–Crippen MR) is 101 cm³/mol. The average Bonchev–Trinajstić information content (AvgIpc) is 3.37. The first-order valence-electron chi connectivity index (χ1n) is 9.74. The lowest BCUT2D eigenvalue weighted by Gasteiger charge is -2.35. The van der Waals surface area contributed by atoms with Crippen molar-refractivity contribution in [2.24, 2.45) is 13.0 Å². The molecular weight excluding hydrogens is 361 g/mol. The first kappa shape index (κ1) is 19.0. The molecule has 4 rings (SSSR count). The van der Waals surface area contributed by atoms with E-state index in [1.54, 1.807) is 24.4 Å². The molecule has 1 aromatic heterocycles. The second-order valence-corrected chi connectivity index (χ2v) is 7.65. The van der Waals surface area contributed by atoms with Crippen molar-refractivity contribution in [3.05, 3.63) is 53.9 Å². The van der Waals surface area contributed by atoms with Crippen LogP contribution in [-0.2, 0) is 11.8 Å². The van der Waals surface area contributed by atoms with E-state index in [0.29, 0.717) is 30.9 Å². The van der Waals surface area contributed by atoms with Gasteiger partial charge in [-0.05, 0) is 31.2 Å². The summed E-state index contributed by atoms with van der Waals surface area (Å²) in [7, 11) is 1.87. The third kappa shape index (κ3) is 3.67. The van der Waals surface area contributed by atoms with Crippen molar-refractivity contribution in [1.82, 2.24) is 25.3 Å². The lowest BCUT2D eigenvalue weighted by atomic mass is 9.90. The number of halogens is 1. The quantitative estimate of drug-likeness (QED) is 0.740. The van der Waals surface area contributed by atoms with Crippen LogP contribution in [0, 0.1) is 11.7 Å². The summed E-state index contributed by atoms with van der Waals surface area (Å²) >= 11 is 0. The molecule has 2 fully saturated rings. The summed E-state index contributed by atoms with van der Waals surface area (Å²) in [6.07, 6.45) is 4.86. The van der Waals surface area contributed by atoms with Gasteiger partial charge >= 0.3 is 0 Å². The second kappa shape index (κ2) is 7.98. The third-order valence-electron chi connectivity index (χ3n) is 5.90. The Morgan fingerprint density at radius 2 is 2.04 bits per heavy atom. The number of hydrogen-bond donors (Lipinski definition) is 3. The number of aromatic nitrogens is 2. The minimum atomic E-state index is -0.617. The number of nitrogens with zero attached hydrogens (tertiary/aromatic N) is 3. The van der Waals surface area contributed by atoms with Gasteiger partial charge in [0.25, 0.3) is 0 Å². The molecule has 8 heteroatoms. The molecule has 7 nitrogen and oxygen atoms in total. The summed E-state index contributed by atoms with van der Waals surface area (Å²) in [6.45, 7) is 1.21. The van der Waals surface area contributed by atoms with E-state index in [0.717, 1.165) is 12.8 Å². The largest absolute Gasteiger partial charge is 0.385 e. The Morgan fingerprint density at radius 1 is 1.29 bits per heavy atom. The van der Waals surface area contributed by atoms with Gasteiger partial charge in [0.2, 0.25) is 5.91 Å². The molecule has 2 aliphatic rings. The predicted octanol–water partition coefficient (Wildman–Crippen LogP) is 1.44. The number of rotatable bonds is 4. The second-order valence-electron chi connectivity index (χ2n) is 7.65. The van der Waals surface area contributed by atoms with Crippen LogP contribution in [0.3, 0.4) is 0 Å². The number of aliphatic hydroxyl groups excluding tert-OH is 1. The number of carbonyl (C=O) groups excluding carboxylic acids is 1. The zero-order valence-corrected chi connectivity index (χ0v) is 15.9. The van der Waals surface area contributed by atoms with Crippen LogP contribution >= 0.6 is 0 Å². The molecule has 2 aliphatic heterocycles. The maximum Gasteiger partial charge on any atom is 0.241 e. The topological polar surface area (TPSA) is 82.4 Å². The molecule has 0 aliphatic carbocycles. The minimum Gasteiger partial charge on any atom is -0.385 e. The fraction of sp³-hybridized carbons (Fsp3) is 0.500. The minimum absolute atomic E-state index is 0.0243. The van der Waals surface area contributed by atoms with E-state index in [1.165, 1.54) is 6.07 Å². The molecule has 28 heavy (non-hydrogen) atoms. The fourth-order valence-electron chi connectivity index (χ4n) is 4.21. The highest BCUT2D eigenvalue weighted by atomic mass is 19.1. The van der Waals surface area contributed by atoms with Crippen molar-refractivity contribution < 1.29 is 14.3 Å². The molecule has 0 bridgehead atoms. The molecule has 1 aromatic carbocycles. The van der Waals surface area contributed by atoms with Crippen LogP contribution < -0.4 is 10.9 Å². The average molecular weight is 387 g/mol. The lowest BCUT2D eigenvalue weighted by Crippen LogP contribution is -2.48. The Balaban J connectivity index is 1.32. The summed E-state index contributed by atoms with van der Waals surface area (Å²) in [5.74, 6) is 0.514. The van der Waals surface area contributed by atoms with Gasteiger partial charge in [-0.15, -0.1) is 0 Å². The normalized spacial score (nSPS) is 24.5.